The number of aryl methyl sites for hydroxylation is 2. The first-order valence-corrected chi connectivity index (χ1v) is 10.4. The van der Waals surface area contributed by atoms with E-state index in [2.05, 4.69) is 43.9 Å². The summed E-state index contributed by atoms with van der Waals surface area (Å²) in [6, 6.07) is 3.84. The van der Waals surface area contributed by atoms with Gasteiger partial charge in [0.1, 0.15) is 0 Å². The molecule has 3 aromatic rings. The van der Waals surface area contributed by atoms with Crippen LogP contribution in [0.5, 0.6) is 0 Å². The van der Waals surface area contributed by atoms with E-state index in [1.807, 2.05) is 26.0 Å². The zero-order chi connectivity index (χ0) is 19.4. The van der Waals surface area contributed by atoms with Crippen LogP contribution in [0.15, 0.2) is 29.7 Å². The molecule has 0 saturated carbocycles. The quantitative estimate of drug-likeness (QED) is 0.605. The van der Waals surface area contributed by atoms with Gasteiger partial charge in [-0.2, -0.15) is 0 Å². The van der Waals surface area contributed by atoms with Crippen LogP contribution in [0.3, 0.4) is 0 Å². The smallest absolute Gasteiger partial charge is 0.236 e. The molecule has 3 aromatic heterocycles. The molecule has 0 fully saturated rings. The van der Waals surface area contributed by atoms with Gasteiger partial charge in [0, 0.05) is 29.4 Å². The van der Waals surface area contributed by atoms with E-state index in [4.69, 9.17) is 0 Å². The van der Waals surface area contributed by atoms with Crippen molar-refractivity contribution in [3.05, 3.63) is 35.1 Å². The number of aromatic nitrogens is 5. The Morgan fingerprint density at radius 1 is 1.33 bits per heavy atom. The van der Waals surface area contributed by atoms with E-state index in [1.165, 1.54) is 23.1 Å². The minimum absolute atomic E-state index is 0.101. The van der Waals surface area contributed by atoms with Crippen LogP contribution in [0.1, 0.15) is 24.4 Å². The molecule has 0 aliphatic rings. The van der Waals surface area contributed by atoms with Crippen molar-refractivity contribution in [2.24, 2.45) is 5.92 Å². The van der Waals surface area contributed by atoms with Crippen molar-refractivity contribution < 1.29 is 4.79 Å². The Labute approximate surface area is 166 Å². The van der Waals surface area contributed by atoms with Crippen LogP contribution < -0.4 is 5.32 Å². The largest absolute Gasteiger partial charge is 0.302 e. The first-order valence-electron chi connectivity index (χ1n) is 8.64. The van der Waals surface area contributed by atoms with Crippen molar-refractivity contribution in [2.75, 3.05) is 11.1 Å². The Hall–Kier alpha value is -2.26. The molecule has 0 saturated heterocycles. The maximum Gasteiger partial charge on any atom is 0.236 e. The number of anilines is 1. The van der Waals surface area contributed by atoms with E-state index < -0.39 is 0 Å². The molecular formula is C18H22N6OS2. The Morgan fingerprint density at radius 3 is 2.78 bits per heavy atom. The van der Waals surface area contributed by atoms with Crippen LogP contribution in [-0.2, 0) is 11.3 Å². The van der Waals surface area contributed by atoms with Gasteiger partial charge < -0.3 is 9.88 Å². The molecule has 0 radical (unpaired) electrons. The Kier molecular flexibility index (Phi) is 6.22. The van der Waals surface area contributed by atoms with Gasteiger partial charge in [-0.05, 0) is 31.9 Å². The van der Waals surface area contributed by atoms with Crippen molar-refractivity contribution in [1.82, 2.24) is 24.7 Å². The lowest BCUT2D eigenvalue weighted by atomic mass is 10.2. The molecule has 9 heteroatoms. The van der Waals surface area contributed by atoms with Gasteiger partial charge in [0.2, 0.25) is 5.91 Å². The Balaban J connectivity index is 1.72. The van der Waals surface area contributed by atoms with Crippen molar-refractivity contribution in [3.63, 3.8) is 0 Å². The van der Waals surface area contributed by atoms with Gasteiger partial charge in [-0.1, -0.05) is 25.6 Å². The van der Waals surface area contributed by atoms with Crippen LogP contribution in [-0.4, -0.2) is 36.4 Å². The Morgan fingerprint density at radius 2 is 2.15 bits per heavy atom. The number of pyridine rings is 1. The second-order valence-electron chi connectivity index (χ2n) is 6.55. The number of hydrogen-bond donors (Lipinski definition) is 1. The number of thioether (sulfide) groups is 1. The van der Waals surface area contributed by atoms with Crippen molar-refractivity contribution >= 4 is 34.1 Å². The normalized spacial score (nSPS) is 11.1. The molecule has 1 N–H and O–H groups in total. The number of hydrogen-bond acceptors (Lipinski definition) is 7. The highest BCUT2D eigenvalue weighted by molar-refractivity contribution is 7.99. The molecule has 0 aromatic carbocycles. The average Bonchev–Trinajstić information content (AvgIpc) is 3.16. The fourth-order valence-electron chi connectivity index (χ4n) is 2.45. The molecule has 0 unspecified atom stereocenters. The minimum Gasteiger partial charge on any atom is -0.302 e. The van der Waals surface area contributed by atoms with E-state index in [-0.39, 0.29) is 11.7 Å². The zero-order valence-electron chi connectivity index (χ0n) is 15.8. The minimum atomic E-state index is -0.101. The molecule has 0 aliphatic heterocycles. The summed E-state index contributed by atoms with van der Waals surface area (Å²) in [7, 11) is 0. The summed E-state index contributed by atoms with van der Waals surface area (Å²) in [5.41, 5.74) is 1.86. The summed E-state index contributed by atoms with van der Waals surface area (Å²) in [4.78, 5) is 21.9. The van der Waals surface area contributed by atoms with Crippen LogP contribution in [0, 0.1) is 19.8 Å². The van der Waals surface area contributed by atoms with Crippen LogP contribution in [0.25, 0.3) is 11.4 Å². The SMILES string of the molecule is Cc1nc(NC(=O)CSc2nnc(-c3cccnc3)n2CC(C)C)sc1C. The molecule has 142 valence electrons. The molecular weight excluding hydrogens is 380 g/mol. The highest BCUT2D eigenvalue weighted by atomic mass is 32.2. The second-order valence-corrected chi connectivity index (χ2v) is 8.70. The lowest BCUT2D eigenvalue weighted by Gasteiger charge is -2.12. The maximum atomic E-state index is 12.3. The fraction of sp³-hybridized carbons (Fsp3) is 0.389. The van der Waals surface area contributed by atoms with E-state index in [9.17, 15) is 4.79 Å². The standard InChI is InChI=1S/C18H22N6OS2/c1-11(2)9-24-16(14-6-5-7-19-8-14)22-23-18(24)26-10-15(25)21-17-20-12(3)13(4)27-17/h5-8,11H,9-10H2,1-4H3,(H,20,21,25). The third-order valence-electron chi connectivity index (χ3n) is 3.79. The van der Waals surface area contributed by atoms with Crippen molar-refractivity contribution in [1.29, 1.82) is 0 Å². The molecule has 0 bridgehead atoms. The number of nitrogens with zero attached hydrogens (tertiary/aromatic N) is 5. The average molecular weight is 403 g/mol. The topological polar surface area (TPSA) is 85.6 Å². The van der Waals surface area contributed by atoms with Gasteiger partial charge in [-0.3, -0.25) is 9.78 Å². The third-order valence-corrected chi connectivity index (χ3v) is 5.75. The van der Waals surface area contributed by atoms with Crippen molar-refractivity contribution in [3.8, 4) is 11.4 Å². The molecule has 0 atom stereocenters. The number of thiazole rings is 1. The van der Waals surface area contributed by atoms with E-state index in [1.54, 1.807) is 12.4 Å². The molecule has 3 rings (SSSR count). The third kappa shape index (κ3) is 4.92. The maximum absolute atomic E-state index is 12.3. The number of carbonyl (C=O) groups excluding carboxylic acids is 1. The van der Waals surface area contributed by atoms with Crippen LogP contribution in [0.2, 0.25) is 0 Å². The molecule has 1 amide bonds. The highest BCUT2D eigenvalue weighted by Gasteiger charge is 2.17. The first kappa shape index (κ1) is 19.5. The Bertz CT molecular complexity index is 900. The number of carbonyl (C=O) groups is 1. The number of rotatable bonds is 7. The summed E-state index contributed by atoms with van der Waals surface area (Å²) < 4.78 is 2.05. The van der Waals surface area contributed by atoms with Gasteiger partial charge in [0.25, 0.3) is 0 Å². The lowest BCUT2D eigenvalue weighted by Crippen LogP contribution is -2.15. The molecule has 27 heavy (non-hydrogen) atoms. The zero-order valence-corrected chi connectivity index (χ0v) is 17.4. The summed E-state index contributed by atoms with van der Waals surface area (Å²) in [6.45, 7) is 8.98. The fourth-order valence-corrected chi connectivity index (χ4v) is 4.02. The van der Waals surface area contributed by atoms with Crippen molar-refractivity contribution in [2.45, 2.75) is 39.4 Å². The molecule has 0 spiro atoms. The predicted molar refractivity (Wildman–Crippen MR) is 109 cm³/mol. The number of nitrogens with one attached hydrogen (secondary N) is 1. The van der Waals surface area contributed by atoms with Gasteiger partial charge >= 0.3 is 0 Å². The molecule has 7 nitrogen and oxygen atoms in total. The van der Waals surface area contributed by atoms with Gasteiger partial charge in [0.15, 0.2) is 16.1 Å². The first-order chi connectivity index (χ1) is 12.9. The van der Waals surface area contributed by atoms with Gasteiger partial charge in [-0.25, -0.2) is 4.98 Å². The van der Waals surface area contributed by atoms with Gasteiger partial charge in [0.05, 0.1) is 11.4 Å². The van der Waals surface area contributed by atoms with E-state index in [0.717, 1.165) is 33.7 Å². The molecule has 0 aliphatic carbocycles. The van der Waals surface area contributed by atoms with E-state index in [0.29, 0.717) is 11.0 Å². The predicted octanol–water partition coefficient (Wildman–Crippen LogP) is 3.80. The molecule has 3 heterocycles. The summed E-state index contributed by atoms with van der Waals surface area (Å²) >= 11 is 2.86. The summed E-state index contributed by atoms with van der Waals surface area (Å²) in [5.74, 6) is 1.34. The summed E-state index contributed by atoms with van der Waals surface area (Å²) in [6.07, 6.45) is 3.50. The van der Waals surface area contributed by atoms with E-state index >= 15 is 0 Å². The highest BCUT2D eigenvalue weighted by Crippen LogP contribution is 2.25. The van der Waals surface area contributed by atoms with Crippen LogP contribution >= 0.6 is 23.1 Å². The lowest BCUT2D eigenvalue weighted by molar-refractivity contribution is -0.113. The second kappa shape index (κ2) is 8.62. The monoisotopic (exact) mass is 402 g/mol. The van der Waals surface area contributed by atoms with Gasteiger partial charge in [-0.15, -0.1) is 21.5 Å². The number of amides is 1. The summed E-state index contributed by atoms with van der Waals surface area (Å²) in [5, 5.41) is 12.8. The van der Waals surface area contributed by atoms with Crippen LogP contribution in [0.4, 0.5) is 5.13 Å².